The van der Waals surface area contributed by atoms with Crippen LogP contribution < -0.4 is 4.74 Å². The molecule has 0 N–H and O–H groups in total. The van der Waals surface area contributed by atoms with Crippen LogP contribution in [0.1, 0.15) is 37.5 Å². The molecule has 0 aliphatic heterocycles. The lowest BCUT2D eigenvalue weighted by molar-refractivity contribution is -0.156. The first kappa shape index (κ1) is 26.0. The highest BCUT2D eigenvalue weighted by atomic mass is 19.4. The van der Waals surface area contributed by atoms with E-state index in [0.29, 0.717) is 36.5 Å². The lowest BCUT2D eigenvalue weighted by Gasteiger charge is -2.15. The second-order valence-electron chi connectivity index (χ2n) is 7.07. The van der Waals surface area contributed by atoms with Gasteiger partial charge in [0.2, 0.25) is 0 Å². The molecule has 4 nitrogen and oxygen atoms in total. The standard InChI is InChI=1S/C26H27F3O4/c1-4-31-24(25(30)32-5-2)18-21-11-13-23(14-12-21)33-16-15-19(3)9-10-20-7-6-8-22(17-20)26(27,28)29/h6-8,11-15,17,24H,4-5,16,18H2,1-3H3/b19-15+/t24-/m0/s1. The molecule has 0 spiro atoms. The Hall–Kier alpha value is -3.24. The smallest absolute Gasteiger partial charge is 0.416 e. The fraction of sp³-hybridized carbons (Fsp3) is 0.346. The van der Waals surface area contributed by atoms with Crippen molar-refractivity contribution in [1.82, 2.24) is 0 Å². The minimum absolute atomic E-state index is 0.257. The summed E-state index contributed by atoms with van der Waals surface area (Å²) in [6.45, 7) is 6.30. The van der Waals surface area contributed by atoms with E-state index in [1.807, 2.05) is 19.1 Å². The Labute approximate surface area is 192 Å². The van der Waals surface area contributed by atoms with Crippen molar-refractivity contribution in [2.24, 2.45) is 0 Å². The first-order chi connectivity index (χ1) is 15.7. The van der Waals surface area contributed by atoms with E-state index in [1.165, 1.54) is 12.1 Å². The molecule has 7 heteroatoms. The Kier molecular flexibility index (Phi) is 10.0. The number of allylic oxidation sites excluding steroid dienone is 1. The second kappa shape index (κ2) is 12.7. The van der Waals surface area contributed by atoms with E-state index < -0.39 is 17.8 Å². The molecule has 2 aromatic rings. The van der Waals surface area contributed by atoms with Crippen LogP contribution in [0.4, 0.5) is 13.2 Å². The summed E-state index contributed by atoms with van der Waals surface area (Å²) < 4.78 is 54.5. The van der Waals surface area contributed by atoms with Gasteiger partial charge in [0, 0.05) is 18.6 Å². The summed E-state index contributed by atoms with van der Waals surface area (Å²) in [6.07, 6.45) is -2.89. The Balaban J connectivity index is 1.91. The van der Waals surface area contributed by atoms with Crippen molar-refractivity contribution < 1.29 is 32.2 Å². The molecule has 0 saturated heterocycles. The van der Waals surface area contributed by atoms with Gasteiger partial charge >= 0.3 is 12.1 Å². The van der Waals surface area contributed by atoms with Gasteiger partial charge in [0.15, 0.2) is 6.10 Å². The minimum atomic E-state index is -4.39. The van der Waals surface area contributed by atoms with Crippen molar-refractivity contribution >= 4 is 5.97 Å². The number of ether oxygens (including phenoxy) is 3. The third-order valence-electron chi connectivity index (χ3n) is 4.50. The maximum atomic E-state index is 12.8. The third kappa shape index (κ3) is 9.03. The molecule has 33 heavy (non-hydrogen) atoms. The summed E-state index contributed by atoms with van der Waals surface area (Å²) in [6, 6.07) is 12.2. The second-order valence-corrected chi connectivity index (χ2v) is 7.07. The zero-order valence-electron chi connectivity index (χ0n) is 18.9. The molecule has 176 valence electrons. The van der Waals surface area contributed by atoms with Gasteiger partial charge in [-0.15, -0.1) is 0 Å². The number of rotatable bonds is 9. The summed E-state index contributed by atoms with van der Waals surface area (Å²) in [5, 5.41) is 0. The highest BCUT2D eigenvalue weighted by Gasteiger charge is 2.30. The molecular weight excluding hydrogens is 433 g/mol. The van der Waals surface area contributed by atoms with Gasteiger partial charge in [-0.25, -0.2) is 4.79 Å². The zero-order valence-corrected chi connectivity index (χ0v) is 18.9. The van der Waals surface area contributed by atoms with Crippen molar-refractivity contribution in [2.75, 3.05) is 19.8 Å². The molecule has 2 aromatic carbocycles. The van der Waals surface area contributed by atoms with Crippen LogP contribution in [-0.2, 0) is 26.9 Å². The topological polar surface area (TPSA) is 44.8 Å². The van der Waals surface area contributed by atoms with Crippen LogP contribution in [0.5, 0.6) is 5.75 Å². The van der Waals surface area contributed by atoms with E-state index in [4.69, 9.17) is 14.2 Å². The number of hydrogen-bond acceptors (Lipinski definition) is 4. The molecule has 0 saturated carbocycles. The van der Waals surface area contributed by atoms with E-state index >= 15 is 0 Å². The average Bonchev–Trinajstić information content (AvgIpc) is 2.78. The van der Waals surface area contributed by atoms with Gasteiger partial charge in [-0.3, -0.25) is 0 Å². The van der Waals surface area contributed by atoms with Crippen LogP contribution in [-0.4, -0.2) is 31.9 Å². The lowest BCUT2D eigenvalue weighted by Crippen LogP contribution is -2.28. The number of halogens is 3. The zero-order chi connectivity index (χ0) is 24.3. The Morgan fingerprint density at radius 2 is 1.82 bits per heavy atom. The fourth-order valence-electron chi connectivity index (χ4n) is 2.84. The summed E-state index contributed by atoms with van der Waals surface area (Å²) >= 11 is 0. The Morgan fingerprint density at radius 3 is 2.45 bits per heavy atom. The molecule has 0 aliphatic carbocycles. The molecular formula is C26H27F3O4. The largest absolute Gasteiger partial charge is 0.490 e. The third-order valence-corrected chi connectivity index (χ3v) is 4.50. The van der Waals surface area contributed by atoms with Crippen LogP contribution in [0.15, 0.2) is 60.2 Å². The molecule has 0 amide bonds. The molecule has 0 unspecified atom stereocenters. The SMILES string of the molecule is CCOC(=O)[C@H](Cc1ccc(OC/C=C(\C)C#Cc2cccc(C(F)(F)F)c2)cc1)OCC. The number of carbonyl (C=O) groups is 1. The molecule has 0 radical (unpaired) electrons. The summed E-state index contributed by atoms with van der Waals surface area (Å²) in [5.41, 5.74) is 1.16. The average molecular weight is 460 g/mol. The van der Waals surface area contributed by atoms with Gasteiger partial charge in [-0.1, -0.05) is 30.0 Å². The number of carbonyl (C=O) groups excluding carboxylic acids is 1. The quantitative estimate of drug-likeness (QED) is 0.361. The predicted molar refractivity (Wildman–Crippen MR) is 120 cm³/mol. The van der Waals surface area contributed by atoms with Gasteiger partial charge in [-0.05, 0) is 68.3 Å². The van der Waals surface area contributed by atoms with Crippen LogP contribution in [0.2, 0.25) is 0 Å². The van der Waals surface area contributed by atoms with Crippen LogP contribution >= 0.6 is 0 Å². The maximum absolute atomic E-state index is 12.8. The molecule has 0 aliphatic rings. The van der Waals surface area contributed by atoms with E-state index in [-0.39, 0.29) is 12.6 Å². The number of esters is 1. The van der Waals surface area contributed by atoms with Gasteiger partial charge in [0.05, 0.1) is 12.2 Å². The van der Waals surface area contributed by atoms with Crippen molar-refractivity contribution in [2.45, 2.75) is 39.5 Å². The van der Waals surface area contributed by atoms with Crippen molar-refractivity contribution in [1.29, 1.82) is 0 Å². The summed E-state index contributed by atoms with van der Waals surface area (Å²) in [4.78, 5) is 12.0. The van der Waals surface area contributed by atoms with Gasteiger partial charge in [-0.2, -0.15) is 13.2 Å². The van der Waals surface area contributed by atoms with Crippen molar-refractivity contribution in [3.63, 3.8) is 0 Å². The van der Waals surface area contributed by atoms with Crippen molar-refractivity contribution in [3.8, 4) is 17.6 Å². The van der Waals surface area contributed by atoms with Crippen LogP contribution in [0.3, 0.4) is 0 Å². The molecule has 1 atom stereocenters. The monoisotopic (exact) mass is 460 g/mol. The molecule has 0 aromatic heterocycles. The van der Waals surface area contributed by atoms with Crippen LogP contribution in [0, 0.1) is 11.8 Å². The molecule has 0 heterocycles. The molecule has 2 rings (SSSR count). The highest BCUT2D eigenvalue weighted by Crippen LogP contribution is 2.29. The first-order valence-electron chi connectivity index (χ1n) is 10.6. The first-order valence-corrected chi connectivity index (χ1v) is 10.6. The fourth-order valence-corrected chi connectivity index (χ4v) is 2.84. The number of alkyl halides is 3. The van der Waals surface area contributed by atoms with Gasteiger partial charge in [0.25, 0.3) is 0 Å². The Bertz CT molecular complexity index is 999. The van der Waals surface area contributed by atoms with E-state index in [9.17, 15) is 18.0 Å². The van der Waals surface area contributed by atoms with E-state index in [2.05, 4.69) is 11.8 Å². The predicted octanol–water partition coefficient (Wildman–Crippen LogP) is 5.59. The summed E-state index contributed by atoms with van der Waals surface area (Å²) in [7, 11) is 0. The minimum Gasteiger partial charge on any atom is -0.490 e. The normalized spacial score (nSPS) is 12.5. The van der Waals surface area contributed by atoms with Gasteiger partial charge in [0.1, 0.15) is 12.4 Å². The highest BCUT2D eigenvalue weighted by molar-refractivity contribution is 5.75. The maximum Gasteiger partial charge on any atom is 0.416 e. The lowest BCUT2D eigenvalue weighted by atomic mass is 10.1. The van der Waals surface area contributed by atoms with Crippen LogP contribution in [0.25, 0.3) is 0 Å². The van der Waals surface area contributed by atoms with Crippen molar-refractivity contribution in [3.05, 3.63) is 76.9 Å². The van der Waals surface area contributed by atoms with E-state index in [1.54, 1.807) is 32.1 Å². The van der Waals surface area contributed by atoms with Gasteiger partial charge < -0.3 is 14.2 Å². The van der Waals surface area contributed by atoms with E-state index in [0.717, 1.165) is 17.7 Å². The Morgan fingerprint density at radius 1 is 1.09 bits per heavy atom. The number of hydrogen-bond donors (Lipinski definition) is 0. The molecule has 0 fully saturated rings. The molecule has 0 bridgehead atoms. The summed E-state index contributed by atoms with van der Waals surface area (Å²) in [5.74, 6) is 5.82. The number of benzene rings is 2.